The zero-order chi connectivity index (χ0) is 29.7. The van der Waals surface area contributed by atoms with Gasteiger partial charge in [0.15, 0.2) is 5.65 Å². The zero-order valence-corrected chi connectivity index (χ0v) is 23.7. The first-order valence-corrected chi connectivity index (χ1v) is 14.4. The summed E-state index contributed by atoms with van der Waals surface area (Å²) in [5.41, 5.74) is 3.75. The van der Waals surface area contributed by atoms with Gasteiger partial charge in [0.1, 0.15) is 0 Å². The number of nitrogens with one attached hydrogen (secondary N) is 2. The Hall–Kier alpha value is -3.93. The van der Waals surface area contributed by atoms with E-state index in [1.54, 1.807) is 22.8 Å². The SMILES string of the molecule is C[C@@H]1CCCN(CCNC(=O)c2ccc(Nc3nc4c(C5=CCN(C(=O)CCC(F)(F)F)CC5)cccn4n3)cc2)C1. The van der Waals surface area contributed by atoms with Crippen molar-refractivity contribution in [2.24, 2.45) is 5.92 Å². The van der Waals surface area contributed by atoms with Crippen LogP contribution in [0.1, 0.15) is 54.9 Å². The maximum absolute atomic E-state index is 12.6. The Balaban J connectivity index is 1.17. The van der Waals surface area contributed by atoms with Gasteiger partial charge in [-0.2, -0.15) is 18.2 Å². The van der Waals surface area contributed by atoms with Crippen LogP contribution in [0, 0.1) is 5.92 Å². The minimum Gasteiger partial charge on any atom is -0.351 e. The van der Waals surface area contributed by atoms with Gasteiger partial charge >= 0.3 is 6.18 Å². The number of fused-ring (bicyclic) bond motifs is 1. The van der Waals surface area contributed by atoms with Gasteiger partial charge in [0.2, 0.25) is 11.9 Å². The molecule has 0 radical (unpaired) electrons. The Kier molecular flexibility index (Phi) is 9.10. The number of alkyl halides is 3. The van der Waals surface area contributed by atoms with Gasteiger partial charge in [-0.15, -0.1) is 5.10 Å². The van der Waals surface area contributed by atoms with Gasteiger partial charge in [-0.1, -0.05) is 13.0 Å². The third-order valence-electron chi connectivity index (χ3n) is 7.75. The molecule has 5 rings (SSSR count). The summed E-state index contributed by atoms with van der Waals surface area (Å²) < 4.78 is 39.1. The van der Waals surface area contributed by atoms with Crippen LogP contribution in [0.2, 0.25) is 0 Å². The van der Waals surface area contributed by atoms with Crippen LogP contribution in [0.15, 0.2) is 48.7 Å². The molecule has 0 saturated carbocycles. The van der Waals surface area contributed by atoms with Gasteiger partial charge in [-0.05, 0) is 73.7 Å². The number of hydrogen-bond donors (Lipinski definition) is 2. The summed E-state index contributed by atoms with van der Waals surface area (Å²) >= 11 is 0. The average Bonchev–Trinajstić information content (AvgIpc) is 3.38. The van der Waals surface area contributed by atoms with Crippen molar-refractivity contribution in [3.63, 3.8) is 0 Å². The third-order valence-corrected chi connectivity index (χ3v) is 7.75. The second kappa shape index (κ2) is 12.9. The van der Waals surface area contributed by atoms with Crippen LogP contribution in [-0.4, -0.2) is 81.7 Å². The molecule has 2 aromatic heterocycles. The van der Waals surface area contributed by atoms with Crippen molar-refractivity contribution < 1.29 is 22.8 Å². The highest BCUT2D eigenvalue weighted by atomic mass is 19.4. The zero-order valence-electron chi connectivity index (χ0n) is 23.7. The Morgan fingerprint density at radius 1 is 1.12 bits per heavy atom. The number of pyridine rings is 1. The summed E-state index contributed by atoms with van der Waals surface area (Å²) in [6, 6.07) is 10.9. The van der Waals surface area contributed by atoms with Gasteiger partial charge < -0.3 is 20.4 Å². The smallest absolute Gasteiger partial charge is 0.351 e. The number of benzene rings is 1. The molecule has 3 aromatic rings. The second-order valence-electron chi connectivity index (χ2n) is 11.1. The first kappa shape index (κ1) is 29.6. The van der Waals surface area contributed by atoms with Crippen molar-refractivity contribution in [3.05, 3.63) is 59.8 Å². The standard InChI is InChI=1S/C30H36F3N7O2/c1-21-4-2-15-38(20-21)19-14-34-28(42)23-6-8-24(9-7-23)35-29-36-27-25(5-3-16-40(27)37-29)22-11-17-39(18-12-22)26(41)10-13-30(31,32)33/h3,5-9,11,16,21H,2,4,10,12-15,17-20H2,1H3,(H,34,42)(H,35,37)/t21-/m1/s1. The van der Waals surface area contributed by atoms with Crippen molar-refractivity contribution in [1.82, 2.24) is 29.7 Å². The summed E-state index contributed by atoms with van der Waals surface area (Å²) in [7, 11) is 0. The molecular weight excluding hydrogens is 547 g/mol. The monoisotopic (exact) mass is 583 g/mol. The maximum atomic E-state index is 12.6. The Bertz CT molecular complexity index is 1430. The normalized spacial score (nSPS) is 18.1. The van der Waals surface area contributed by atoms with Crippen LogP contribution in [-0.2, 0) is 4.79 Å². The van der Waals surface area contributed by atoms with Gasteiger partial charge in [0.25, 0.3) is 5.91 Å². The number of carbonyl (C=O) groups excluding carboxylic acids is 2. The summed E-state index contributed by atoms with van der Waals surface area (Å²) in [6.07, 6.45) is 0.648. The molecule has 12 heteroatoms. The molecule has 1 atom stereocenters. The van der Waals surface area contributed by atoms with Crippen molar-refractivity contribution in [2.75, 3.05) is 44.6 Å². The van der Waals surface area contributed by atoms with Crippen molar-refractivity contribution in [1.29, 1.82) is 0 Å². The summed E-state index contributed by atoms with van der Waals surface area (Å²) in [5, 5.41) is 10.7. The van der Waals surface area contributed by atoms with Crippen LogP contribution in [0.3, 0.4) is 0 Å². The van der Waals surface area contributed by atoms with Crippen molar-refractivity contribution in [3.8, 4) is 0 Å². The Labute approximate surface area is 242 Å². The fourth-order valence-electron chi connectivity index (χ4n) is 5.51. The molecule has 2 aliphatic rings. The topological polar surface area (TPSA) is 94.9 Å². The van der Waals surface area contributed by atoms with Crippen molar-refractivity contribution >= 4 is 34.7 Å². The molecule has 0 spiro atoms. The highest BCUT2D eigenvalue weighted by molar-refractivity contribution is 5.94. The number of anilines is 2. The Morgan fingerprint density at radius 2 is 1.93 bits per heavy atom. The van der Waals surface area contributed by atoms with E-state index in [-0.39, 0.29) is 12.5 Å². The molecule has 2 amide bonds. The summed E-state index contributed by atoms with van der Waals surface area (Å²) in [5.74, 6) is 0.488. The van der Waals surface area contributed by atoms with E-state index in [1.165, 1.54) is 17.7 Å². The first-order valence-electron chi connectivity index (χ1n) is 14.4. The van der Waals surface area contributed by atoms with E-state index < -0.39 is 24.9 Å². The summed E-state index contributed by atoms with van der Waals surface area (Å²) in [4.78, 5) is 33.3. The molecule has 42 heavy (non-hydrogen) atoms. The van der Waals surface area contributed by atoms with E-state index in [2.05, 4.69) is 32.5 Å². The van der Waals surface area contributed by atoms with Gasteiger partial charge in [0, 0.05) is 62.2 Å². The molecule has 1 aromatic carbocycles. The highest BCUT2D eigenvalue weighted by Crippen LogP contribution is 2.28. The van der Waals surface area contributed by atoms with Crippen LogP contribution < -0.4 is 10.6 Å². The first-order chi connectivity index (χ1) is 20.1. The number of nitrogens with zero attached hydrogens (tertiary/aromatic N) is 5. The van der Waals surface area contributed by atoms with E-state index in [9.17, 15) is 22.8 Å². The van der Waals surface area contributed by atoms with E-state index in [0.717, 1.165) is 36.5 Å². The lowest BCUT2D eigenvalue weighted by molar-refractivity contribution is -0.148. The van der Waals surface area contributed by atoms with E-state index >= 15 is 0 Å². The molecule has 4 heterocycles. The van der Waals surface area contributed by atoms with E-state index in [1.807, 2.05) is 30.3 Å². The summed E-state index contributed by atoms with van der Waals surface area (Å²) in [6.45, 7) is 6.51. The number of likely N-dealkylation sites (tertiary alicyclic amines) is 1. The molecule has 224 valence electrons. The predicted molar refractivity (Wildman–Crippen MR) is 154 cm³/mol. The number of carbonyl (C=O) groups is 2. The van der Waals surface area contributed by atoms with E-state index in [4.69, 9.17) is 0 Å². The number of rotatable bonds is 9. The number of halogens is 3. The number of amides is 2. The minimum absolute atomic E-state index is 0.108. The third kappa shape index (κ3) is 7.67. The molecule has 9 nitrogen and oxygen atoms in total. The fraction of sp³-hybridized carbons (Fsp3) is 0.467. The molecular formula is C30H36F3N7O2. The maximum Gasteiger partial charge on any atom is 0.389 e. The molecule has 1 saturated heterocycles. The minimum atomic E-state index is -4.34. The number of aromatic nitrogens is 3. The van der Waals surface area contributed by atoms with Crippen LogP contribution in [0.5, 0.6) is 0 Å². The highest BCUT2D eigenvalue weighted by Gasteiger charge is 2.29. The molecule has 2 N–H and O–H groups in total. The van der Waals surface area contributed by atoms with Crippen molar-refractivity contribution in [2.45, 2.75) is 45.2 Å². The largest absolute Gasteiger partial charge is 0.389 e. The molecule has 0 aliphatic carbocycles. The lowest BCUT2D eigenvalue weighted by atomic mass is 10.00. The fourth-order valence-corrected chi connectivity index (χ4v) is 5.51. The molecule has 0 bridgehead atoms. The quantitative estimate of drug-likeness (QED) is 0.373. The van der Waals surface area contributed by atoms with Gasteiger partial charge in [-0.25, -0.2) is 4.52 Å². The average molecular weight is 584 g/mol. The molecule has 1 fully saturated rings. The number of piperidine rings is 1. The molecule has 2 aliphatic heterocycles. The van der Waals surface area contributed by atoms with Crippen LogP contribution in [0.25, 0.3) is 11.2 Å². The lowest BCUT2D eigenvalue weighted by Crippen LogP contribution is -2.40. The van der Waals surface area contributed by atoms with Crippen LogP contribution >= 0.6 is 0 Å². The van der Waals surface area contributed by atoms with Crippen LogP contribution in [0.4, 0.5) is 24.8 Å². The van der Waals surface area contributed by atoms with Gasteiger partial charge in [0.05, 0.1) is 6.42 Å². The number of hydrogen-bond acceptors (Lipinski definition) is 6. The lowest BCUT2D eigenvalue weighted by Gasteiger charge is -2.30. The molecule has 0 unspecified atom stereocenters. The predicted octanol–water partition coefficient (Wildman–Crippen LogP) is 4.89. The van der Waals surface area contributed by atoms with Gasteiger partial charge in [-0.3, -0.25) is 9.59 Å². The van der Waals surface area contributed by atoms with E-state index in [0.29, 0.717) is 42.6 Å². The second-order valence-corrected chi connectivity index (χ2v) is 11.1. The Morgan fingerprint density at radius 3 is 2.64 bits per heavy atom.